The first-order valence-electron chi connectivity index (χ1n) is 9.78. The second kappa shape index (κ2) is 11.3. The molecule has 164 valence electrons. The molecule has 8 heteroatoms. The number of allylic oxidation sites excluding steroid dienone is 2. The summed E-state index contributed by atoms with van der Waals surface area (Å²) in [5.74, 6) is -3.54. The van der Waals surface area contributed by atoms with Crippen molar-refractivity contribution in [3.63, 3.8) is 0 Å². The van der Waals surface area contributed by atoms with Crippen molar-refractivity contribution in [1.29, 1.82) is 0 Å². The predicted octanol–water partition coefficient (Wildman–Crippen LogP) is 0.302. The number of carboxylic acid groups (broad SMARTS) is 2. The summed E-state index contributed by atoms with van der Waals surface area (Å²) >= 11 is 0. The second-order valence-electron chi connectivity index (χ2n) is 8.20. The summed E-state index contributed by atoms with van der Waals surface area (Å²) in [6.07, 6.45) is 5.74. The van der Waals surface area contributed by atoms with Gasteiger partial charge in [-0.3, -0.25) is 9.59 Å². The Bertz CT molecular complexity index is 776. The van der Waals surface area contributed by atoms with Crippen LogP contribution in [-0.4, -0.2) is 34.8 Å². The molecule has 0 aliphatic heterocycles. The van der Waals surface area contributed by atoms with E-state index in [4.69, 9.17) is 19.8 Å². The van der Waals surface area contributed by atoms with E-state index >= 15 is 0 Å². The Kier molecular flexibility index (Phi) is 9.39. The van der Waals surface area contributed by atoms with Gasteiger partial charge in [0.2, 0.25) is 0 Å². The van der Waals surface area contributed by atoms with Crippen LogP contribution in [0.4, 0.5) is 0 Å². The number of ketones is 1. The molecule has 0 aromatic heterocycles. The summed E-state index contributed by atoms with van der Waals surface area (Å²) in [7, 11) is 0. The molecular formula is C22H30N2O6. The lowest BCUT2D eigenvalue weighted by molar-refractivity contribution is -0.725. The number of nitrogens with one attached hydrogen (secondary N) is 1. The van der Waals surface area contributed by atoms with Gasteiger partial charge in [0.25, 0.3) is 5.91 Å². The fourth-order valence-electron chi connectivity index (χ4n) is 3.66. The zero-order valence-electron chi connectivity index (χ0n) is 17.8. The molecule has 1 aliphatic rings. The third-order valence-corrected chi connectivity index (χ3v) is 5.03. The third-order valence-electron chi connectivity index (χ3n) is 5.03. The predicted molar refractivity (Wildman–Crippen MR) is 108 cm³/mol. The minimum absolute atomic E-state index is 0.00173. The number of Topliss-reactive ketones (excluding diaryl/α,β-unsaturated/α-hetero) is 1. The SMILES string of the molecule is CC(CC(=O)C1C(C)C=CCC1(C)C)[NH2+]NC(=O)c1ccccc1.O=C([O-])C(=O)O. The molecule has 0 bridgehead atoms. The van der Waals surface area contributed by atoms with E-state index in [-0.39, 0.29) is 35.0 Å². The van der Waals surface area contributed by atoms with Gasteiger partial charge < -0.3 is 15.0 Å². The number of rotatable bonds is 6. The van der Waals surface area contributed by atoms with E-state index in [0.717, 1.165) is 6.42 Å². The molecule has 3 unspecified atom stereocenters. The normalized spacial score (nSPS) is 20.3. The fourth-order valence-corrected chi connectivity index (χ4v) is 3.66. The highest BCUT2D eigenvalue weighted by Crippen LogP contribution is 2.41. The molecule has 8 nitrogen and oxygen atoms in total. The van der Waals surface area contributed by atoms with Crippen LogP contribution in [0.2, 0.25) is 0 Å². The number of carbonyl (C=O) groups excluding carboxylic acids is 3. The van der Waals surface area contributed by atoms with Crippen molar-refractivity contribution in [2.24, 2.45) is 17.3 Å². The Balaban J connectivity index is 0.000000656. The van der Waals surface area contributed by atoms with E-state index in [1.165, 1.54) is 0 Å². The number of aliphatic carboxylic acids is 2. The van der Waals surface area contributed by atoms with E-state index < -0.39 is 11.9 Å². The lowest BCUT2D eigenvalue weighted by Gasteiger charge is -2.39. The average Bonchev–Trinajstić information content (AvgIpc) is 2.66. The van der Waals surface area contributed by atoms with E-state index in [1.807, 2.05) is 25.1 Å². The van der Waals surface area contributed by atoms with Crippen molar-refractivity contribution in [2.45, 2.75) is 46.6 Å². The van der Waals surface area contributed by atoms with Gasteiger partial charge >= 0.3 is 5.97 Å². The smallest absolute Gasteiger partial charge is 0.351 e. The second-order valence-corrected chi connectivity index (χ2v) is 8.20. The molecule has 1 aromatic carbocycles. The van der Waals surface area contributed by atoms with Crippen LogP contribution < -0.4 is 16.0 Å². The van der Waals surface area contributed by atoms with Crippen molar-refractivity contribution in [2.75, 3.05) is 0 Å². The zero-order chi connectivity index (χ0) is 22.9. The number of benzene rings is 1. The van der Waals surface area contributed by atoms with Crippen LogP contribution in [0.15, 0.2) is 42.5 Å². The largest absolute Gasteiger partial charge is 0.539 e. The summed E-state index contributed by atoms with van der Waals surface area (Å²) in [5, 5.41) is 16.3. The first-order valence-corrected chi connectivity index (χ1v) is 9.78. The van der Waals surface area contributed by atoms with Crippen LogP contribution in [0.5, 0.6) is 0 Å². The Morgan fingerprint density at radius 3 is 2.30 bits per heavy atom. The summed E-state index contributed by atoms with van der Waals surface area (Å²) in [5.41, 5.74) is 5.17. The highest BCUT2D eigenvalue weighted by molar-refractivity contribution is 6.26. The topological polar surface area (TPSA) is 140 Å². The van der Waals surface area contributed by atoms with Crippen molar-refractivity contribution in [1.82, 2.24) is 5.43 Å². The Hall–Kier alpha value is -3.00. The first-order chi connectivity index (χ1) is 14.0. The number of hydrogen-bond donors (Lipinski definition) is 3. The number of carboxylic acids is 2. The van der Waals surface area contributed by atoms with Crippen LogP contribution in [0, 0.1) is 17.3 Å². The van der Waals surface area contributed by atoms with Crippen molar-refractivity contribution in [3.8, 4) is 0 Å². The molecule has 3 atom stereocenters. The molecule has 0 fully saturated rings. The van der Waals surface area contributed by atoms with Gasteiger partial charge in [-0.1, -0.05) is 51.1 Å². The first kappa shape index (κ1) is 25.0. The molecule has 1 aromatic rings. The van der Waals surface area contributed by atoms with Gasteiger partial charge in [-0.25, -0.2) is 15.6 Å². The molecule has 2 rings (SSSR count). The molecule has 0 spiro atoms. The molecule has 0 saturated carbocycles. The zero-order valence-corrected chi connectivity index (χ0v) is 17.8. The summed E-state index contributed by atoms with van der Waals surface area (Å²) in [6, 6.07) is 9.11. The monoisotopic (exact) mass is 418 g/mol. The fraction of sp³-hybridized carbons (Fsp3) is 0.455. The summed E-state index contributed by atoms with van der Waals surface area (Å²) in [4.78, 5) is 42.9. The van der Waals surface area contributed by atoms with Crippen LogP contribution in [-0.2, 0) is 14.4 Å². The number of nitrogens with two attached hydrogens (primary N) is 1. The molecular weight excluding hydrogens is 388 g/mol. The number of amides is 1. The van der Waals surface area contributed by atoms with E-state index in [9.17, 15) is 9.59 Å². The van der Waals surface area contributed by atoms with E-state index in [1.54, 1.807) is 17.6 Å². The van der Waals surface area contributed by atoms with Crippen LogP contribution in [0.25, 0.3) is 0 Å². The Morgan fingerprint density at radius 2 is 1.80 bits per heavy atom. The molecule has 1 amide bonds. The number of carbonyl (C=O) groups is 4. The van der Waals surface area contributed by atoms with Crippen LogP contribution in [0.1, 0.15) is 50.9 Å². The number of quaternary nitrogens is 1. The van der Waals surface area contributed by atoms with Gasteiger partial charge in [0, 0.05) is 11.5 Å². The maximum Gasteiger partial charge on any atom is 0.351 e. The third kappa shape index (κ3) is 7.79. The highest BCUT2D eigenvalue weighted by Gasteiger charge is 2.39. The number of nitrogen functional groups attached to an aromatic ring is 1. The summed E-state index contributed by atoms with van der Waals surface area (Å²) in [6.45, 7) is 8.42. The Labute approximate surface area is 176 Å². The van der Waals surface area contributed by atoms with Crippen molar-refractivity contribution >= 4 is 23.6 Å². The van der Waals surface area contributed by atoms with Gasteiger partial charge in [0.05, 0.1) is 6.42 Å². The maximum absolute atomic E-state index is 12.8. The summed E-state index contributed by atoms with van der Waals surface area (Å²) < 4.78 is 0. The van der Waals surface area contributed by atoms with Gasteiger partial charge in [-0.05, 0) is 36.8 Å². The standard InChI is InChI=1S/C20H28N2O2.C2H2O4/c1-14-9-8-12-20(3,4)18(14)17(23)13-15(2)21-22-19(24)16-10-6-5-7-11-16;3-1(4)2(5)6/h5-11,14-15,18,21H,12-13H2,1-4H3,(H,22,24);(H,3,4)(H,5,6). The molecule has 30 heavy (non-hydrogen) atoms. The average molecular weight is 418 g/mol. The quantitative estimate of drug-likeness (QED) is 0.200. The number of hydrogen-bond acceptors (Lipinski definition) is 5. The lowest BCUT2D eigenvalue weighted by Crippen LogP contribution is -2.98. The van der Waals surface area contributed by atoms with Gasteiger partial charge in [0.15, 0.2) is 5.97 Å². The highest BCUT2D eigenvalue weighted by atomic mass is 16.4. The molecule has 0 saturated heterocycles. The maximum atomic E-state index is 12.8. The van der Waals surface area contributed by atoms with E-state index in [2.05, 4.69) is 38.3 Å². The minimum Gasteiger partial charge on any atom is -0.539 e. The lowest BCUT2D eigenvalue weighted by atomic mass is 9.65. The van der Waals surface area contributed by atoms with Crippen molar-refractivity contribution < 1.29 is 34.8 Å². The molecule has 0 radical (unpaired) electrons. The molecule has 0 heterocycles. The van der Waals surface area contributed by atoms with Crippen LogP contribution in [0.3, 0.4) is 0 Å². The Morgan fingerprint density at radius 1 is 1.23 bits per heavy atom. The van der Waals surface area contributed by atoms with E-state index in [0.29, 0.717) is 12.0 Å². The van der Waals surface area contributed by atoms with Crippen LogP contribution >= 0.6 is 0 Å². The minimum atomic E-state index is -2.07. The van der Waals surface area contributed by atoms with Gasteiger partial charge in [0.1, 0.15) is 11.8 Å². The van der Waals surface area contributed by atoms with Crippen molar-refractivity contribution in [3.05, 3.63) is 48.0 Å². The van der Waals surface area contributed by atoms with Gasteiger partial charge in [-0.2, -0.15) is 0 Å². The molecule has 1 aliphatic carbocycles. The van der Waals surface area contributed by atoms with Gasteiger partial charge in [-0.15, -0.1) is 0 Å². The molecule has 4 N–H and O–H groups in total.